The van der Waals surface area contributed by atoms with E-state index in [1.807, 2.05) is 0 Å². The van der Waals surface area contributed by atoms with Crippen molar-refractivity contribution in [2.24, 2.45) is 0 Å². The fourth-order valence-corrected chi connectivity index (χ4v) is 2.06. The Bertz CT molecular complexity index is 682. The summed E-state index contributed by atoms with van der Waals surface area (Å²) in [4.78, 5) is 20.3. The predicted molar refractivity (Wildman–Crippen MR) is 90.6 cm³/mol. The number of nitrogens with one attached hydrogen (secondary N) is 2. The van der Waals surface area contributed by atoms with Gasteiger partial charge in [-0.3, -0.25) is 4.79 Å². The second-order valence-corrected chi connectivity index (χ2v) is 5.44. The third-order valence-electron chi connectivity index (χ3n) is 2.87. The molecular formula is C15H16Cl2N4O2. The molecule has 6 nitrogen and oxygen atoms in total. The van der Waals surface area contributed by atoms with Crippen LogP contribution in [-0.4, -0.2) is 36.1 Å². The molecule has 1 aromatic heterocycles. The van der Waals surface area contributed by atoms with E-state index >= 15 is 0 Å². The number of hydrogen-bond acceptors (Lipinski definition) is 5. The molecule has 1 heterocycles. The van der Waals surface area contributed by atoms with Crippen LogP contribution in [0.4, 0.5) is 11.6 Å². The van der Waals surface area contributed by atoms with Crippen LogP contribution in [0.2, 0.25) is 10.0 Å². The van der Waals surface area contributed by atoms with Crippen LogP contribution in [0.3, 0.4) is 0 Å². The molecule has 23 heavy (non-hydrogen) atoms. The molecule has 0 unspecified atom stereocenters. The second kappa shape index (κ2) is 8.67. The molecule has 0 aliphatic heterocycles. The number of carbonyl (C=O) groups excluding carboxylic acids is 1. The zero-order valence-electron chi connectivity index (χ0n) is 12.5. The standard InChI is InChI=1S/C15H16Cl2N4O2/c1-23-8-2-6-18-14(22)13-5-7-19-15(21-13)20-10-3-4-11(16)12(17)9-10/h3-5,7,9H,2,6,8H2,1H3,(H,18,22)(H,19,20,21). The fourth-order valence-electron chi connectivity index (χ4n) is 1.76. The van der Waals surface area contributed by atoms with Crippen molar-refractivity contribution in [3.05, 3.63) is 46.2 Å². The Kier molecular flexibility index (Phi) is 6.58. The zero-order chi connectivity index (χ0) is 16.7. The van der Waals surface area contributed by atoms with Gasteiger partial charge in [-0.15, -0.1) is 0 Å². The van der Waals surface area contributed by atoms with Crippen LogP contribution in [-0.2, 0) is 4.74 Å². The minimum Gasteiger partial charge on any atom is -0.385 e. The van der Waals surface area contributed by atoms with Gasteiger partial charge in [0.15, 0.2) is 0 Å². The van der Waals surface area contributed by atoms with Crippen molar-refractivity contribution in [2.45, 2.75) is 6.42 Å². The third-order valence-corrected chi connectivity index (χ3v) is 3.61. The molecule has 0 atom stereocenters. The van der Waals surface area contributed by atoms with Crippen molar-refractivity contribution in [3.63, 3.8) is 0 Å². The highest BCUT2D eigenvalue weighted by Gasteiger charge is 2.09. The molecule has 1 amide bonds. The quantitative estimate of drug-likeness (QED) is 0.746. The molecule has 1 aromatic carbocycles. The van der Waals surface area contributed by atoms with Crippen molar-refractivity contribution in [1.29, 1.82) is 0 Å². The van der Waals surface area contributed by atoms with Gasteiger partial charge in [0.05, 0.1) is 10.0 Å². The number of hydrogen-bond donors (Lipinski definition) is 2. The summed E-state index contributed by atoms with van der Waals surface area (Å²) in [5, 5.41) is 6.62. The van der Waals surface area contributed by atoms with Gasteiger partial charge in [-0.05, 0) is 30.7 Å². The van der Waals surface area contributed by atoms with Gasteiger partial charge in [0.2, 0.25) is 5.95 Å². The first-order chi connectivity index (χ1) is 11.1. The number of rotatable bonds is 7. The molecule has 0 aliphatic rings. The van der Waals surface area contributed by atoms with Crippen molar-refractivity contribution >= 4 is 40.7 Å². The van der Waals surface area contributed by atoms with Crippen LogP contribution in [0.25, 0.3) is 0 Å². The minimum atomic E-state index is -0.263. The molecule has 0 spiro atoms. The monoisotopic (exact) mass is 354 g/mol. The fraction of sp³-hybridized carbons (Fsp3) is 0.267. The van der Waals surface area contributed by atoms with Crippen LogP contribution in [0, 0.1) is 0 Å². The van der Waals surface area contributed by atoms with Crippen LogP contribution < -0.4 is 10.6 Å². The van der Waals surface area contributed by atoms with Gasteiger partial charge in [-0.25, -0.2) is 9.97 Å². The lowest BCUT2D eigenvalue weighted by Crippen LogP contribution is -2.26. The van der Waals surface area contributed by atoms with Crippen molar-refractivity contribution in [2.75, 3.05) is 25.6 Å². The zero-order valence-corrected chi connectivity index (χ0v) is 14.0. The lowest BCUT2D eigenvalue weighted by Gasteiger charge is -2.08. The Hall–Kier alpha value is -1.89. The Morgan fingerprint density at radius 2 is 2.09 bits per heavy atom. The Balaban J connectivity index is 2.01. The molecule has 2 N–H and O–H groups in total. The molecule has 0 radical (unpaired) electrons. The van der Waals surface area contributed by atoms with Gasteiger partial charge in [0.25, 0.3) is 5.91 Å². The first kappa shape index (κ1) is 17.5. The Labute approximate surface area is 144 Å². The number of ether oxygens (including phenoxy) is 1. The van der Waals surface area contributed by atoms with Gasteiger partial charge in [0, 0.05) is 32.1 Å². The van der Waals surface area contributed by atoms with E-state index in [4.69, 9.17) is 27.9 Å². The Morgan fingerprint density at radius 3 is 2.83 bits per heavy atom. The number of methoxy groups -OCH3 is 1. The summed E-state index contributed by atoms with van der Waals surface area (Å²) >= 11 is 11.8. The second-order valence-electron chi connectivity index (χ2n) is 4.62. The Morgan fingerprint density at radius 1 is 1.26 bits per heavy atom. The summed E-state index contributed by atoms with van der Waals surface area (Å²) in [7, 11) is 1.62. The van der Waals surface area contributed by atoms with Gasteiger partial charge >= 0.3 is 0 Å². The maximum atomic E-state index is 12.0. The van der Waals surface area contributed by atoms with E-state index in [2.05, 4.69) is 20.6 Å². The largest absolute Gasteiger partial charge is 0.385 e. The summed E-state index contributed by atoms with van der Waals surface area (Å²) in [6.07, 6.45) is 2.25. The first-order valence-corrected chi connectivity index (χ1v) is 7.68. The van der Waals surface area contributed by atoms with E-state index in [0.29, 0.717) is 34.8 Å². The molecule has 8 heteroatoms. The normalized spacial score (nSPS) is 10.4. The highest BCUT2D eigenvalue weighted by molar-refractivity contribution is 6.42. The highest BCUT2D eigenvalue weighted by atomic mass is 35.5. The summed E-state index contributed by atoms with van der Waals surface area (Å²) in [5.41, 5.74) is 0.956. The number of amides is 1. The topological polar surface area (TPSA) is 76.1 Å². The number of halogens is 2. The molecule has 0 bridgehead atoms. The molecular weight excluding hydrogens is 339 g/mol. The van der Waals surface area contributed by atoms with Crippen molar-refractivity contribution < 1.29 is 9.53 Å². The average molecular weight is 355 g/mol. The van der Waals surface area contributed by atoms with Gasteiger partial charge in [-0.1, -0.05) is 23.2 Å². The molecule has 0 saturated heterocycles. The summed E-state index contributed by atoms with van der Waals surface area (Å²) in [6, 6.07) is 6.62. The number of benzene rings is 1. The average Bonchev–Trinajstić information content (AvgIpc) is 2.55. The van der Waals surface area contributed by atoms with E-state index in [1.54, 1.807) is 31.4 Å². The smallest absolute Gasteiger partial charge is 0.270 e. The van der Waals surface area contributed by atoms with Crippen LogP contribution in [0.1, 0.15) is 16.9 Å². The number of carbonyl (C=O) groups is 1. The molecule has 2 aromatic rings. The number of anilines is 2. The SMILES string of the molecule is COCCCNC(=O)c1ccnc(Nc2ccc(Cl)c(Cl)c2)n1. The lowest BCUT2D eigenvalue weighted by molar-refractivity contribution is 0.0943. The van der Waals surface area contributed by atoms with Crippen molar-refractivity contribution in [1.82, 2.24) is 15.3 Å². The highest BCUT2D eigenvalue weighted by Crippen LogP contribution is 2.26. The molecule has 0 fully saturated rings. The van der Waals surface area contributed by atoms with E-state index in [-0.39, 0.29) is 11.6 Å². The maximum absolute atomic E-state index is 12.0. The van der Waals surface area contributed by atoms with E-state index in [9.17, 15) is 4.79 Å². The summed E-state index contributed by atoms with van der Waals surface area (Å²) < 4.78 is 4.93. The summed E-state index contributed by atoms with van der Waals surface area (Å²) in [5.74, 6) is 0.0358. The minimum absolute atomic E-state index is 0.263. The van der Waals surface area contributed by atoms with Crippen LogP contribution in [0.15, 0.2) is 30.5 Å². The van der Waals surface area contributed by atoms with Crippen LogP contribution in [0.5, 0.6) is 0 Å². The number of aromatic nitrogens is 2. The predicted octanol–water partition coefficient (Wildman–Crippen LogP) is 3.29. The molecule has 0 saturated carbocycles. The van der Waals surface area contributed by atoms with E-state index in [1.165, 1.54) is 6.20 Å². The van der Waals surface area contributed by atoms with Crippen LogP contribution >= 0.6 is 23.2 Å². The van der Waals surface area contributed by atoms with E-state index in [0.717, 1.165) is 6.42 Å². The van der Waals surface area contributed by atoms with Gasteiger partial charge in [0.1, 0.15) is 5.69 Å². The first-order valence-electron chi connectivity index (χ1n) is 6.92. The molecule has 0 aliphatic carbocycles. The van der Waals surface area contributed by atoms with E-state index < -0.39 is 0 Å². The summed E-state index contributed by atoms with van der Waals surface area (Å²) in [6.45, 7) is 1.11. The molecule has 2 rings (SSSR count). The van der Waals surface area contributed by atoms with Gasteiger partial charge < -0.3 is 15.4 Å². The molecule has 122 valence electrons. The van der Waals surface area contributed by atoms with Crippen molar-refractivity contribution in [3.8, 4) is 0 Å². The van der Waals surface area contributed by atoms with Gasteiger partial charge in [-0.2, -0.15) is 0 Å². The maximum Gasteiger partial charge on any atom is 0.270 e. The third kappa shape index (κ3) is 5.35. The number of nitrogens with zero attached hydrogens (tertiary/aromatic N) is 2. The lowest BCUT2D eigenvalue weighted by atomic mass is 10.3.